The van der Waals surface area contributed by atoms with Crippen molar-refractivity contribution in [2.24, 2.45) is 5.92 Å². The molecule has 1 aromatic rings. The molecule has 1 aromatic carbocycles. The average Bonchev–Trinajstić information content (AvgIpc) is 2.39. The van der Waals surface area contributed by atoms with Gasteiger partial charge in [-0.3, -0.25) is 0 Å². The summed E-state index contributed by atoms with van der Waals surface area (Å²) in [5, 5.41) is 14.0. The molecular formula is C16H27NO. The van der Waals surface area contributed by atoms with E-state index in [0.717, 1.165) is 5.56 Å². The Morgan fingerprint density at radius 1 is 1.17 bits per heavy atom. The van der Waals surface area contributed by atoms with Crippen molar-refractivity contribution in [2.75, 3.05) is 6.54 Å². The summed E-state index contributed by atoms with van der Waals surface area (Å²) >= 11 is 0. The van der Waals surface area contributed by atoms with Crippen LogP contribution in [0.4, 0.5) is 0 Å². The quantitative estimate of drug-likeness (QED) is 0.777. The van der Waals surface area contributed by atoms with E-state index >= 15 is 0 Å². The molecule has 0 aliphatic heterocycles. The molecule has 0 heterocycles. The van der Waals surface area contributed by atoms with E-state index in [1.165, 1.54) is 12.8 Å². The molecular weight excluding hydrogens is 222 g/mol. The topological polar surface area (TPSA) is 32.3 Å². The lowest BCUT2D eigenvalue weighted by atomic mass is 9.92. The van der Waals surface area contributed by atoms with Crippen molar-refractivity contribution in [1.82, 2.24) is 5.32 Å². The molecule has 0 fully saturated rings. The van der Waals surface area contributed by atoms with Crippen LogP contribution in [0.15, 0.2) is 30.3 Å². The van der Waals surface area contributed by atoms with E-state index < -0.39 is 5.60 Å². The molecule has 0 saturated carbocycles. The van der Waals surface area contributed by atoms with Gasteiger partial charge in [0.15, 0.2) is 0 Å². The van der Waals surface area contributed by atoms with Crippen molar-refractivity contribution in [3.8, 4) is 0 Å². The zero-order chi connectivity index (χ0) is 13.6. The molecule has 0 spiro atoms. The standard InChI is InChI=1S/C16H27NO/c1-5-14(6-2)13(3)17-12-16(4,18)15-10-8-7-9-11-15/h7-11,13-14,17-18H,5-6,12H2,1-4H3. The Bertz CT molecular complexity index is 330. The molecule has 1 rings (SSSR count). The molecule has 0 aromatic heterocycles. The van der Waals surface area contributed by atoms with Crippen LogP contribution in [0, 0.1) is 5.92 Å². The molecule has 2 unspecified atom stereocenters. The van der Waals surface area contributed by atoms with Crippen molar-refractivity contribution in [3.05, 3.63) is 35.9 Å². The first kappa shape index (κ1) is 15.2. The van der Waals surface area contributed by atoms with Gasteiger partial charge in [-0.25, -0.2) is 0 Å². The van der Waals surface area contributed by atoms with Crippen LogP contribution in [-0.4, -0.2) is 17.7 Å². The summed E-state index contributed by atoms with van der Waals surface area (Å²) in [5.74, 6) is 0.677. The highest BCUT2D eigenvalue weighted by molar-refractivity contribution is 5.21. The zero-order valence-corrected chi connectivity index (χ0v) is 12.1. The first-order valence-corrected chi connectivity index (χ1v) is 7.02. The summed E-state index contributed by atoms with van der Waals surface area (Å²) in [7, 11) is 0. The van der Waals surface area contributed by atoms with Crippen LogP contribution in [0.25, 0.3) is 0 Å². The minimum Gasteiger partial charge on any atom is -0.384 e. The van der Waals surface area contributed by atoms with Crippen LogP contribution in [0.2, 0.25) is 0 Å². The lowest BCUT2D eigenvalue weighted by molar-refractivity contribution is 0.0518. The third kappa shape index (κ3) is 4.11. The lowest BCUT2D eigenvalue weighted by Gasteiger charge is -2.29. The Balaban J connectivity index is 2.57. The van der Waals surface area contributed by atoms with Crippen molar-refractivity contribution in [2.45, 2.75) is 52.2 Å². The van der Waals surface area contributed by atoms with Gasteiger partial charge < -0.3 is 10.4 Å². The van der Waals surface area contributed by atoms with Crippen molar-refractivity contribution < 1.29 is 5.11 Å². The van der Waals surface area contributed by atoms with Gasteiger partial charge in [0.2, 0.25) is 0 Å². The molecule has 2 atom stereocenters. The predicted octanol–water partition coefficient (Wildman–Crippen LogP) is 3.31. The van der Waals surface area contributed by atoms with Crippen LogP contribution in [0.5, 0.6) is 0 Å². The van der Waals surface area contributed by atoms with E-state index in [9.17, 15) is 5.11 Å². The molecule has 0 aliphatic carbocycles. The third-order valence-electron chi connectivity index (χ3n) is 3.92. The Morgan fingerprint density at radius 3 is 2.22 bits per heavy atom. The molecule has 2 nitrogen and oxygen atoms in total. The minimum atomic E-state index is -0.804. The molecule has 2 heteroatoms. The summed E-state index contributed by atoms with van der Waals surface area (Å²) in [6.07, 6.45) is 2.36. The molecule has 102 valence electrons. The molecule has 0 aliphatic rings. The van der Waals surface area contributed by atoms with Gasteiger partial charge in [-0.2, -0.15) is 0 Å². The van der Waals surface area contributed by atoms with E-state index in [0.29, 0.717) is 18.5 Å². The first-order chi connectivity index (χ1) is 8.51. The summed E-state index contributed by atoms with van der Waals surface area (Å²) in [4.78, 5) is 0. The molecule has 0 amide bonds. The van der Waals surface area contributed by atoms with Gasteiger partial charge in [0.25, 0.3) is 0 Å². The van der Waals surface area contributed by atoms with E-state index in [1.54, 1.807) is 0 Å². The van der Waals surface area contributed by atoms with Crippen LogP contribution in [-0.2, 0) is 5.60 Å². The SMILES string of the molecule is CCC(CC)C(C)NCC(C)(O)c1ccccc1. The third-order valence-corrected chi connectivity index (χ3v) is 3.92. The van der Waals surface area contributed by atoms with E-state index in [4.69, 9.17) is 0 Å². The van der Waals surface area contributed by atoms with Crippen LogP contribution in [0.1, 0.15) is 46.1 Å². The fourth-order valence-electron chi connectivity index (χ4n) is 2.42. The highest BCUT2D eigenvalue weighted by Crippen LogP contribution is 2.20. The Hall–Kier alpha value is -0.860. The van der Waals surface area contributed by atoms with Crippen LogP contribution >= 0.6 is 0 Å². The van der Waals surface area contributed by atoms with Gasteiger partial charge in [-0.15, -0.1) is 0 Å². The van der Waals surface area contributed by atoms with Gasteiger partial charge in [0.05, 0.1) is 5.60 Å². The average molecular weight is 249 g/mol. The number of hydrogen-bond donors (Lipinski definition) is 2. The second-order valence-corrected chi connectivity index (χ2v) is 5.39. The fourth-order valence-corrected chi connectivity index (χ4v) is 2.42. The number of aliphatic hydroxyl groups is 1. The summed E-state index contributed by atoms with van der Waals surface area (Å²) in [6, 6.07) is 10.3. The highest BCUT2D eigenvalue weighted by atomic mass is 16.3. The molecule has 0 saturated heterocycles. The highest BCUT2D eigenvalue weighted by Gasteiger charge is 2.24. The number of hydrogen-bond acceptors (Lipinski definition) is 2. The normalized spacial score (nSPS) is 16.6. The zero-order valence-electron chi connectivity index (χ0n) is 12.1. The van der Waals surface area contributed by atoms with Gasteiger partial charge in [0.1, 0.15) is 0 Å². The van der Waals surface area contributed by atoms with Gasteiger partial charge in [0, 0.05) is 12.6 Å². The van der Waals surface area contributed by atoms with Crippen molar-refractivity contribution in [1.29, 1.82) is 0 Å². The number of rotatable bonds is 7. The minimum absolute atomic E-state index is 0.440. The molecule has 2 N–H and O–H groups in total. The van der Waals surface area contributed by atoms with E-state index in [2.05, 4.69) is 26.1 Å². The largest absolute Gasteiger partial charge is 0.384 e. The molecule has 18 heavy (non-hydrogen) atoms. The maximum Gasteiger partial charge on any atom is 0.0992 e. The van der Waals surface area contributed by atoms with Gasteiger partial charge in [-0.1, -0.05) is 57.0 Å². The molecule has 0 radical (unpaired) electrons. The van der Waals surface area contributed by atoms with E-state index in [-0.39, 0.29) is 0 Å². The van der Waals surface area contributed by atoms with Crippen molar-refractivity contribution in [3.63, 3.8) is 0 Å². The van der Waals surface area contributed by atoms with Crippen molar-refractivity contribution >= 4 is 0 Å². The Labute approximate surface area is 111 Å². The molecule has 0 bridgehead atoms. The smallest absolute Gasteiger partial charge is 0.0992 e. The maximum absolute atomic E-state index is 10.5. The lowest BCUT2D eigenvalue weighted by Crippen LogP contribution is -2.42. The van der Waals surface area contributed by atoms with E-state index in [1.807, 2.05) is 37.3 Å². The first-order valence-electron chi connectivity index (χ1n) is 7.02. The van der Waals surface area contributed by atoms with Crippen LogP contribution in [0.3, 0.4) is 0 Å². The second kappa shape index (κ2) is 6.91. The summed E-state index contributed by atoms with van der Waals surface area (Å²) < 4.78 is 0. The fraction of sp³-hybridized carbons (Fsp3) is 0.625. The maximum atomic E-state index is 10.5. The Kier molecular flexibility index (Phi) is 5.83. The summed E-state index contributed by atoms with van der Waals surface area (Å²) in [6.45, 7) is 9.12. The van der Waals surface area contributed by atoms with Crippen LogP contribution < -0.4 is 5.32 Å². The van der Waals surface area contributed by atoms with Gasteiger partial charge >= 0.3 is 0 Å². The number of benzene rings is 1. The monoisotopic (exact) mass is 249 g/mol. The number of nitrogens with one attached hydrogen (secondary N) is 1. The van der Waals surface area contributed by atoms with Gasteiger partial charge in [-0.05, 0) is 25.3 Å². The Morgan fingerprint density at radius 2 is 1.72 bits per heavy atom. The summed E-state index contributed by atoms with van der Waals surface area (Å²) in [5.41, 5.74) is 0.163. The second-order valence-electron chi connectivity index (χ2n) is 5.39. The predicted molar refractivity (Wildman–Crippen MR) is 77.5 cm³/mol.